The monoisotopic (exact) mass is 689 g/mol. The Bertz CT molecular complexity index is 2190. The van der Waals surface area contributed by atoms with Gasteiger partial charge in [-0.05, 0) is 122 Å². The van der Waals surface area contributed by atoms with Gasteiger partial charge in [0.1, 0.15) is 5.58 Å². The molecule has 1 fully saturated rings. The van der Waals surface area contributed by atoms with E-state index in [2.05, 4.69) is 27.3 Å². The molecule has 0 saturated carbocycles. The van der Waals surface area contributed by atoms with E-state index in [4.69, 9.17) is 27.6 Å². The van der Waals surface area contributed by atoms with E-state index in [1.165, 1.54) is 0 Å². The van der Waals surface area contributed by atoms with Gasteiger partial charge in [-0.1, -0.05) is 23.2 Å². The second-order valence-electron chi connectivity index (χ2n) is 12.3. The molecule has 0 bridgehead atoms. The van der Waals surface area contributed by atoms with Crippen LogP contribution in [0.5, 0.6) is 0 Å². The number of carbonyl (C=O) groups is 2. The third-order valence-electron chi connectivity index (χ3n) is 9.06. The summed E-state index contributed by atoms with van der Waals surface area (Å²) >= 11 is 12.0. The van der Waals surface area contributed by atoms with Crippen LogP contribution >= 0.6 is 23.2 Å². The third kappa shape index (κ3) is 7.20. The second kappa shape index (κ2) is 14.2. The number of anilines is 2. The van der Waals surface area contributed by atoms with Gasteiger partial charge in [0.15, 0.2) is 5.76 Å². The fourth-order valence-corrected chi connectivity index (χ4v) is 6.66. The number of benzene rings is 4. The van der Waals surface area contributed by atoms with Crippen LogP contribution in [0.1, 0.15) is 44.9 Å². The van der Waals surface area contributed by atoms with Gasteiger partial charge in [-0.3, -0.25) is 19.1 Å². The maximum Gasteiger partial charge on any atom is 0.291 e. The van der Waals surface area contributed by atoms with Crippen molar-refractivity contribution in [1.82, 2.24) is 9.47 Å². The molecule has 0 aliphatic carbocycles. The first-order valence-electron chi connectivity index (χ1n) is 16.3. The number of aryl methyl sites for hydroxylation is 1. The average Bonchev–Trinajstić information content (AvgIpc) is 3.72. The van der Waals surface area contributed by atoms with Gasteiger partial charge in [-0.25, -0.2) is 0 Å². The molecule has 4 aromatic carbocycles. The first-order chi connectivity index (χ1) is 23.8. The van der Waals surface area contributed by atoms with Gasteiger partial charge < -0.3 is 14.6 Å². The Morgan fingerprint density at radius 3 is 2.31 bits per heavy atom. The molecule has 1 aliphatic heterocycles. The molecule has 2 aromatic heterocycles. The van der Waals surface area contributed by atoms with Crippen molar-refractivity contribution in [1.29, 1.82) is 5.26 Å². The number of unbranched alkanes of at least 4 members (excludes halogenated alkanes) is 1. The maximum absolute atomic E-state index is 13.4. The van der Waals surface area contributed by atoms with Crippen molar-refractivity contribution in [3.05, 3.63) is 130 Å². The van der Waals surface area contributed by atoms with E-state index in [9.17, 15) is 14.9 Å². The number of nitriles is 1. The molecular weight excluding hydrogens is 657 g/mol. The topological polar surface area (TPSA) is 94.5 Å². The van der Waals surface area contributed by atoms with Gasteiger partial charge in [0, 0.05) is 70.1 Å². The molecule has 246 valence electrons. The van der Waals surface area contributed by atoms with E-state index in [1.807, 2.05) is 30.5 Å². The molecule has 10 heteroatoms. The lowest BCUT2D eigenvalue weighted by molar-refractivity contribution is 0.0963. The SMILES string of the molecule is N#Cc1ccc2c(c1)c(CCCCN1CCN(c3ccc4oc(C(=O)Nc5ccc(Cl)cc5)cc4c3)CC1)cn2C(=O)c1ccc(Cl)cc1. The predicted octanol–water partition coefficient (Wildman–Crippen LogP) is 8.65. The summed E-state index contributed by atoms with van der Waals surface area (Å²) in [7, 11) is 0. The van der Waals surface area contributed by atoms with E-state index in [0.717, 1.165) is 79.5 Å². The number of hydrogen-bond acceptors (Lipinski definition) is 6. The summed E-state index contributed by atoms with van der Waals surface area (Å²) in [5.41, 5.74) is 5.44. The number of amides is 1. The number of halogens is 2. The van der Waals surface area contributed by atoms with Gasteiger partial charge >= 0.3 is 0 Å². The van der Waals surface area contributed by atoms with Crippen LogP contribution in [-0.2, 0) is 6.42 Å². The summed E-state index contributed by atoms with van der Waals surface area (Å²) in [6.07, 6.45) is 4.73. The number of fused-ring (bicyclic) bond motifs is 2. The molecule has 1 saturated heterocycles. The van der Waals surface area contributed by atoms with Crippen molar-refractivity contribution in [2.75, 3.05) is 42.9 Å². The molecule has 3 heterocycles. The highest BCUT2D eigenvalue weighted by Gasteiger charge is 2.20. The van der Waals surface area contributed by atoms with E-state index in [-0.39, 0.29) is 17.6 Å². The van der Waals surface area contributed by atoms with Gasteiger partial charge in [0.25, 0.3) is 11.8 Å². The molecule has 1 amide bonds. The first-order valence-corrected chi connectivity index (χ1v) is 17.0. The summed E-state index contributed by atoms with van der Waals surface area (Å²) in [5, 5.41) is 15.4. The van der Waals surface area contributed by atoms with Crippen LogP contribution in [0.15, 0.2) is 102 Å². The molecule has 7 rings (SSSR count). The van der Waals surface area contributed by atoms with E-state index < -0.39 is 0 Å². The number of nitrogens with one attached hydrogen (secondary N) is 1. The Balaban J connectivity index is 0.932. The number of furan rings is 1. The zero-order chi connectivity index (χ0) is 33.9. The van der Waals surface area contributed by atoms with Crippen molar-refractivity contribution in [3.63, 3.8) is 0 Å². The Labute approximate surface area is 294 Å². The van der Waals surface area contributed by atoms with Gasteiger partial charge in [0.05, 0.1) is 17.1 Å². The van der Waals surface area contributed by atoms with Crippen molar-refractivity contribution in [2.45, 2.75) is 19.3 Å². The fraction of sp³-hybridized carbons (Fsp3) is 0.205. The largest absolute Gasteiger partial charge is 0.451 e. The quantitative estimate of drug-likeness (QED) is 0.153. The number of carbonyl (C=O) groups excluding carboxylic acids is 2. The standard InChI is InChI=1S/C39H33Cl2N5O3/c40-30-7-5-27(6-8-30)39(48)46-25-28(34-21-26(24-42)4-14-35(34)46)3-1-2-16-44-17-19-45(20-18-44)33-13-15-36-29(22-33)23-37(49-36)38(47)43-32-11-9-31(41)10-12-32/h4-15,21-23,25H,1-3,16-20H2,(H,43,47). The number of aromatic nitrogens is 1. The third-order valence-corrected chi connectivity index (χ3v) is 9.56. The van der Waals surface area contributed by atoms with Crippen LogP contribution in [0, 0.1) is 11.3 Å². The van der Waals surface area contributed by atoms with Crippen LogP contribution in [-0.4, -0.2) is 54.0 Å². The minimum Gasteiger partial charge on any atom is -0.451 e. The number of hydrogen-bond donors (Lipinski definition) is 1. The molecule has 6 aromatic rings. The van der Waals surface area contributed by atoms with Crippen molar-refractivity contribution >= 4 is 68.3 Å². The molecular formula is C39H33Cl2N5O3. The number of piperazine rings is 1. The number of nitrogens with zero attached hydrogens (tertiary/aromatic N) is 4. The second-order valence-corrected chi connectivity index (χ2v) is 13.1. The lowest BCUT2D eigenvalue weighted by atomic mass is 10.0. The molecule has 1 aliphatic rings. The Morgan fingerprint density at radius 1 is 0.837 bits per heavy atom. The number of rotatable bonds is 9. The minimum absolute atomic E-state index is 0.123. The fourth-order valence-electron chi connectivity index (χ4n) is 6.41. The maximum atomic E-state index is 13.4. The van der Waals surface area contributed by atoms with Gasteiger partial charge in [-0.2, -0.15) is 5.26 Å². The summed E-state index contributed by atoms with van der Waals surface area (Å²) in [6.45, 7) is 4.72. The Kier molecular flexibility index (Phi) is 9.41. The predicted molar refractivity (Wildman–Crippen MR) is 195 cm³/mol. The summed E-state index contributed by atoms with van der Waals surface area (Å²) in [4.78, 5) is 31.0. The molecule has 0 unspecified atom stereocenters. The zero-order valence-electron chi connectivity index (χ0n) is 26.7. The highest BCUT2D eigenvalue weighted by molar-refractivity contribution is 6.31. The van der Waals surface area contributed by atoms with Crippen molar-refractivity contribution < 1.29 is 14.0 Å². The molecule has 0 radical (unpaired) electrons. The van der Waals surface area contributed by atoms with Crippen LogP contribution in [0.4, 0.5) is 11.4 Å². The van der Waals surface area contributed by atoms with Gasteiger partial charge in [0.2, 0.25) is 0 Å². The van der Waals surface area contributed by atoms with Gasteiger partial charge in [-0.15, -0.1) is 0 Å². The summed E-state index contributed by atoms with van der Waals surface area (Å²) in [6, 6.07) is 29.4. The average molecular weight is 691 g/mol. The zero-order valence-corrected chi connectivity index (χ0v) is 28.2. The molecule has 49 heavy (non-hydrogen) atoms. The van der Waals surface area contributed by atoms with Crippen molar-refractivity contribution in [2.24, 2.45) is 0 Å². The summed E-state index contributed by atoms with van der Waals surface area (Å²) < 4.78 is 7.53. The smallest absolute Gasteiger partial charge is 0.291 e. The normalized spacial score (nSPS) is 13.5. The highest BCUT2D eigenvalue weighted by atomic mass is 35.5. The molecule has 8 nitrogen and oxygen atoms in total. The molecule has 0 spiro atoms. The molecule has 0 atom stereocenters. The first kappa shape index (κ1) is 32.5. The minimum atomic E-state index is -0.308. The Hall–Kier alpha value is -5.07. The lowest BCUT2D eigenvalue weighted by Gasteiger charge is -2.36. The van der Waals surface area contributed by atoms with Crippen LogP contribution in [0.3, 0.4) is 0 Å². The summed E-state index contributed by atoms with van der Waals surface area (Å²) in [5.74, 6) is -0.171. The lowest BCUT2D eigenvalue weighted by Crippen LogP contribution is -2.46. The van der Waals surface area contributed by atoms with Crippen LogP contribution in [0.25, 0.3) is 21.9 Å². The van der Waals surface area contributed by atoms with E-state index >= 15 is 0 Å². The van der Waals surface area contributed by atoms with Crippen LogP contribution < -0.4 is 10.2 Å². The Morgan fingerprint density at radius 2 is 1.57 bits per heavy atom. The van der Waals surface area contributed by atoms with Crippen LogP contribution in [0.2, 0.25) is 10.0 Å². The van der Waals surface area contributed by atoms with E-state index in [0.29, 0.717) is 32.4 Å². The van der Waals surface area contributed by atoms with E-state index in [1.54, 1.807) is 65.2 Å². The highest BCUT2D eigenvalue weighted by Crippen LogP contribution is 2.28. The van der Waals surface area contributed by atoms with Crippen molar-refractivity contribution in [3.8, 4) is 6.07 Å². The molecule has 1 N–H and O–H groups in total.